The second-order valence-corrected chi connectivity index (χ2v) is 4.73. The summed E-state index contributed by atoms with van der Waals surface area (Å²) in [5.74, 6) is 0. The van der Waals surface area contributed by atoms with Crippen molar-refractivity contribution in [3.63, 3.8) is 0 Å². The van der Waals surface area contributed by atoms with E-state index in [1.807, 2.05) is 31.4 Å². The zero-order valence-electron chi connectivity index (χ0n) is 11.0. The minimum absolute atomic E-state index is 0.339. The number of morpholine rings is 1. The maximum atomic E-state index is 5.58. The summed E-state index contributed by atoms with van der Waals surface area (Å²) in [6, 6.07) is 8.47. The van der Waals surface area contributed by atoms with Crippen LogP contribution in [0.3, 0.4) is 0 Å². The van der Waals surface area contributed by atoms with Gasteiger partial charge in [-0.3, -0.25) is 0 Å². The quantitative estimate of drug-likeness (QED) is 0.892. The number of rotatable bonds is 3. The Bertz CT molecular complexity index is 553. The maximum Gasteiger partial charge on any atom is 0.0950 e. The van der Waals surface area contributed by atoms with E-state index in [-0.39, 0.29) is 0 Å². The average molecular weight is 258 g/mol. The summed E-state index contributed by atoms with van der Waals surface area (Å²) in [6.07, 6.45) is 1.86. The van der Waals surface area contributed by atoms with Gasteiger partial charge in [0.1, 0.15) is 0 Å². The highest BCUT2D eigenvalue weighted by molar-refractivity contribution is 5.90. The summed E-state index contributed by atoms with van der Waals surface area (Å²) in [4.78, 5) is 2.37. The minimum atomic E-state index is 0.339. The van der Waals surface area contributed by atoms with Gasteiger partial charge in [-0.05, 0) is 13.1 Å². The third-order valence-corrected chi connectivity index (χ3v) is 3.50. The smallest absolute Gasteiger partial charge is 0.0950 e. The lowest BCUT2D eigenvalue weighted by Gasteiger charge is -2.37. The molecule has 100 valence electrons. The van der Waals surface area contributed by atoms with Gasteiger partial charge in [-0.25, -0.2) is 0 Å². The van der Waals surface area contributed by atoms with Crippen LogP contribution in [0.15, 0.2) is 30.5 Å². The lowest BCUT2D eigenvalue weighted by Crippen LogP contribution is -2.50. The van der Waals surface area contributed by atoms with Gasteiger partial charge in [-0.15, -0.1) is 0 Å². The van der Waals surface area contributed by atoms with Crippen LogP contribution in [0.1, 0.15) is 0 Å². The van der Waals surface area contributed by atoms with Gasteiger partial charge in [-0.1, -0.05) is 18.2 Å². The summed E-state index contributed by atoms with van der Waals surface area (Å²) in [7, 11) is 1.97. The van der Waals surface area contributed by atoms with Crippen LogP contribution in [-0.4, -0.2) is 49.6 Å². The molecular weight excluding hydrogens is 240 g/mol. The predicted octanol–water partition coefficient (Wildman–Crippen LogP) is 1.05. The van der Waals surface area contributed by atoms with Crippen molar-refractivity contribution in [3.8, 4) is 0 Å². The number of fused-ring (bicyclic) bond motifs is 1. The monoisotopic (exact) mass is 258 g/mol. The molecular formula is C14H18N4O. The first-order chi connectivity index (χ1) is 9.40. The Morgan fingerprint density at radius 1 is 1.42 bits per heavy atom. The van der Waals surface area contributed by atoms with Crippen molar-refractivity contribution in [2.75, 3.05) is 38.3 Å². The number of benzene rings is 1. The highest BCUT2D eigenvalue weighted by Gasteiger charge is 2.24. The first-order valence-electron chi connectivity index (χ1n) is 6.59. The van der Waals surface area contributed by atoms with Crippen molar-refractivity contribution in [3.05, 3.63) is 30.5 Å². The number of hydrogen-bond donors (Lipinski definition) is 1. The molecule has 1 atom stereocenters. The SMILES string of the molecule is CNCC1COCCN1c1cnnc2ccccc12. The molecule has 0 radical (unpaired) electrons. The van der Waals surface area contributed by atoms with Crippen LogP contribution in [0.5, 0.6) is 0 Å². The molecule has 3 rings (SSSR count). The van der Waals surface area contributed by atoms with E-state index in [1.165, 1.54) is 0 Å². The number of nitrogens with one attached hydrogen (secondary N) is 1. The summed E-state index contributed by atoms with van der Waals surface area (Å²) in [5, 5.41) is 12.7. The van der Waals surface area contributed by atoms with Crippen molar-refractivity contribution in [1.29, 1.82) is 0 Å². The van der Waals surface area contributed by atoms with E-state index in [1.54, 1.807) is 0 Å². The van der Waals surface area contributed by atoms with E-state index in [0.29, 0.717) is 6.04 Å². The van der Waals surface area contributed by atoms with Crippen LogP contribution in [0, 0.1) is 0 Å². The molecule has 0 spiro atoms. The standard InChI is InChI=1S/C14H18N4O/c1-15-8-11-10-19-7-6-18(11)14-9-16-17-13-5-3-2-4-12(13)14/h2-5,9,11,15H,6-8,10H2,1H3. The maximum absolute atomic E-state index is 5.58. The molecule has 19 heavy (non-hydrogen) atoms. The van der Waals surface area contributed by atoms with Crippen LogP contribution in [0.25, 0.3) is 10.9 Å². The average Bonchev–Trinajstić information content (AvgIpc) is 2.48. The van der Waals surface area contributed by atoms with Crippen LogP contribution < -0.4 is 10.2 Å². The second-order valence-electron chi connectivity index (χ2n) is 4.73. The largest absolute Gasteiger partial charge is 0.377 e. The number of likely N-dealkylation sites (N-methyl/N-ethyl adjacent to an activating group) is 1. The molecule has 0 bridgehead atoms. The second kappa shape index (κ2) is 5.50. The fraction of sp³-hybridized carbons (Fsp3) is 0.429. The van der Waals surface area contributed by atoms with E-state index in [0.717, 1.165) is 42.9 Å². The lowest BCUT2D eigenvalue weighted by atomic mass is 10.1. The fourth-order valence-electron chi connectivity index (χ4n) is 2.60. The zero-order chi connectivity index (χ0) is 13.1. The molecule has 1 aromatic heterocycles. The summed E-state index contributed by atoms with van der Waals surface area (Å²) >= 11 is 0. The van der Waals surface area contributed by atoms with Crippen molar-refractivity contribution in [2.45, 2.75) is 6.04 Å². The molecule has 1 aliphatic rings. The summed E-state index contributed by atoms with van der Waals surface area (Å²) in [6.45, 7) is 3.30. The Balaban J connectivity index is 2.02. The van der Waals surface area contributed by atoms with E-state index in [4.69, 9.17) is 4.74 Å². The molecule has 2 aromatic rings. The van der Waals surface area contributed by atoms with Crippen LogP contribution >= 0.6 is 0 Å². The minimum Gasteiger partial charge on any atom is -0.377 e. The number of hydrogen-bond acceptors (Lipinski definition) is 5. The summed E-state index contributed by atoms with van der Waals surface area (Å²) in [5.41, 5.74) is 2.09. The van der Waals surface area contributed by atoms with Gasteiger partial charge in [0.15, 0.2) is 0 Å². The van der Waals surface area contributed by atoms with Crippen molar-refractivity contribution in [1.82, 2.24) is 15.5 Å². The topological polar surface area (TPSA) is 50.3 Å². The van der Waals surface area contributed by atoms with Gasteiger partial charge in [0, 0.05) is 18.5 Å². The van der Waals surface area contributed by atoms with Gasteiger partial charge in [0.25, 0.3) is 0 Å². The Labute approximate surface area is 112 Å². The van der Waals surface area contributed by atoms with E-state index in [2.05, 4.69) is 26.5 Å². The molecule has 0 amide bonds. The van der Waals surface area contributed by atoms with Gasteiger partial charge < -0.3 is 15.0 Å². The molecule has 1 saturated heterocycles. The van der Waals surface area contributed by atoms with E-state index < -0.39 is 0 Å². The Kier molecular flexibility index (Phi) is 3.57. The number of nitrogens with zero attached hydrogens (tertiary/aromatic N) is 3. The number of anilines is 1. The molecule has 5 nitrogen and oxygen atoms in total. The van der Waals surface area contributed by atoms with Gasteiger partial charge >= 0.3 is 0 Å². The zero-order valence-corrected chi connectivity index (χ0v) is 11.0. The highest BCUT2D eigenvalue weighted by atomic mass is 16.5. The lowest BCUT2D eigenvalue weighted by molar-refractivity contribution is 0.0944. The predicted molar refractivity (Wildman–Crippen MR) is 75.4 cm³/mol. The highest BCUT2D eigenvalue weighted by Crippen LogP contribution is 2.26. The fourth-order valence-corrected chi connectivity index (χ4v) is 2.60. The molecule has 1 fully saturated rings. The van der Waals surface area contributed by atoms with Crippen LogP contribution in [-0.2, 0) is 4.74 Å². The Morgan fingerprint density at radius 3 is 3.21 bits per heavy atom. The van der Waals surface area contributed by atoms with Gasteiger partial charge in [0.2, 0.25) is 0 Å². The number of aromatic nitrogens is 2. The third-order valence-electron chi connectivity index (χ3n) is 3.50. The molecule has 1 aromatic carbocycles. The molecule has 2 heterocycles. The van der Waals surface area contributed by atoms with Crippen LogP contribution in [0.4, 0.5) is 5.69 Å². The molecule has 0 saturated carbocycles. The molecule has 0 aliphatic carbocycles. The molecule has 1 unspecified atom stereocenters. The normalized spacial score (nSPS) is 19.8. The van der Waals surface area contributed by atoms with E-state index >= 15 is 0 Å². The molecule has 1 aliphatic heterocycles. The third kappa shape index (κ3) is 2.39. The molecule has 1 N–H and O–H groups in total. The first kappa shape index (κ1) is 12.3. The van der Waals surface area contributed by atoms with Crippen LogP contribution in [0.2, 0.25) is 0 Å². The van der Waals surface area contributed by atoms with Crippen molar-refractivity contribution >= 4 is 16.6 Å². The Hall–Kier alpha value is -1.72. The van der Waals surface area contributed by atoms with Crippen molar-refractivity contribution < 1.29 is 4.74 Å². The number of ether oxygens (including phenoxy) is 1. The Morgan fingerprint density at radius 2 is 2.32 bits per heavy atom. The summed E-state index contributed by atoms with van der Waals surface area (Å²) < 4.78 is 5.58. The molecule has 5 heteroatoms. The van der Waals surface area contributed by atoms with E-state index in [9.17, 15) is 0 Å². The van der Waals surface area contributed by atoms with Gasteiger partial charge in [0.05, 0.1) is 36.7 Å². The first-order valence-corrected chi connectivity index (χ1v) is 6.59. The van der Waals surface area contributed by atoms with Crippen molar-refractivity contribution in [2.24, 2.45) is 0 Å². The van der Waals surface area contributed by atoms with Gasteiger partial charge in [-0.2, -0.15) is 10.2 Å².